The van der Waals surface area contributed by atoms with E-state index in [-0.39, 0.29) is 6.10 Å². The van der Waals surface area contributed by atoms with E-state index < -0.39 is 0 Å². The van der Waals surface area contributed by atoms with Gasteiger partial charge in [-0.25, -0.2) is 0 Å². The van der Waals surface area contributed by atoms with Gasteiger partial charge in [0.1, 0.15) is 12.4 Å². The van der Waals surface area contributed by atoms with Crippen LogP contribution < -0.4 is 10.1 Å². The van der Waals surface area contributed by atoms with Gasteiger partial charge in [0.15, 0.2) is 0 Å². The number of hydrogen-bond donors (Lipinski definition) is 1. The molecular formula is C21H29ClN2O3. The number of hydrogen-bond acceptors (Lipinski definition) is 5. The van der Waals surface area contributed by atoms with Crippen LogP contribution in [0.15, 0.2) is 24.4 Å². The zero-order valence-corrected chi connectivity index (χ0v) is 17.5. The maximum Gasteiger partial charge on any atom is 0.122 e. The van der Waals surface area contributed by atoms with Crippen molar-refractivity contribution in [2.45, 2.75) is 40.4 Å². The molecule has 0 saturated carbocycles. The summed E-state index contributed by atoms with van der Waals surface area (Å²) in [6.07, 6.45) is 1.80. The van der Waals surface area contributed by atoms with Crippen LogP contribution in [0, 0.1) is 13.8 Å². The van der Waals surface area contributed by atoms with E-state index in [0.717, 1.165) is 22.7 Å². The highest BCUT2D eigenvalue weighted by molar-refractivity contribution is 6.33. The number of aromatic nitrogens is 1. The second-order valence-electron chi connectivity index (χ2n) is 6.33. The van der Waals surface area contributed by atoms with Crippen LogP contribution in [0.3, 0.4) is 0 Å². The Morgan fingerprint density at radius 1 is 1.19 bits per heavy atom. The van der Waals surface area contributed by atoms with E-state index in [4.69, 9.17) is 25.8 Å². The van der Waals surface area contributed by atoms with Crippen LogP contribution in [-0.2, 0) is 16.1 Å². The van der Waals surface area contributed by atoms with Crippen molar-refractivity contribution in [2.75, 3.05) is 32.2 Å². The normalized spacial score (nSPS) is 12.1. The summed E-state index contributed by atoms with van der Waals surface area (Å²) in [6, 6.07) is 5.95. The van der Waals surface area contributed by atoms with Crippen molar-refractivity contribution in [3.8, 4) is 5.75 Å². The SMILES string of the molecule is CCOC(C)c1ccc(OCCNc2ccnc(COC)c2Cl)c(C)c1C. The van der Waals surface area contributed by atoms with Gasteiger partial charge in [0.25, 0.3) is 0 Å². The molecule has 1 aromatic heterocycles. The summed E-state index contributed by atoms with van der Waals surface area (Å²) < 4.78 is 16.8. The van der Waals surface area contributed by atoms with E-state index in [1.54, 1.807) is 13.3 Å². The molecule has 2 rings (SSSR count). The van der Waals surface area contributed by atoms with E-state index in [9.17, 15) is 0 Å². The van der Waals surface area contributed by atoms with Gasteiger partial charge in [-0.05, 0) is 56.5 Å². The van der Waals surface area contributed by atoms with Gasteiger partial charge >= 0.3 is 0 Å². The molecule has 148 valence electrons. The third-order valence-electron chi connectivity index (χ3n) is 4.55. The van der Waals surface area contributed by atoms with Crippen molar-refractivity contribution in [1.29, 1.82) is 0 Å². The number of benzene rings is 1. The zero-order chi connectivity index (χ0) is 19.8. The maximum atomic E-state index is 6.34. The number of ether oxygens (including phenoxy) is 3. The first-order valence-corrected chi connectivity index (χ1v) is 9.58. The molecule has 27 heavy (non-hydrogen) atoms. The van der Waals surface area contributed by atoms with E-state index in [2.05, 4.69) is 37.1 Å². The molecule has 2 aromatic rings. The van der Waals surface area contributed by atoms with Crippen LogP contribution >= 0.6 is 11.6 Å². The van der Waals surface area contributed by atoms with Crippen molar-refractivity contribution in [1.82, 2.24) is 4.98 Å². The van der Waals surface area contributed by atoms with Gasteiger partial charge in [0, 0.05) is 26.5 Å². The average Bonchev–Trinajstić information content (AvgIpc) is 2.65. The van der Waals surface area contributed by atoms with Gasteiger partial charge in [-0.15, -0.1) is 0 Å². The number of nitrogens with zero attached hydrogens (tertiary/aromatic N) is 1. The molecule has 0 aliphatic heterocycles. The second kappa shape index (κ2) is 10.5. The molecule has 0 spiro atoms. The van der Waals surface area contributed by atoms with E-state index in [1.807, 2.05) is 19.1 Å². The van der Waals surface area contributed by atoms with Crippen molar-refractivity contribution in [3.05, 3.63) is 51.8 Å². The molecule has 1 atom stereocenters. The molecule has 0 bridgehead atoms. The Bertz CT molecular complexity index is 752. The largest absolute Gasteiger partial charge is 0.491 e. The fourth-order valence-corrected chi connectivity index (χ4v) is 3.19. The minimum atomic E-state index is 0.0829. The van der Waals surface area contributed by atoms with Gasteiger partial charge in [0.05, 0.1) is 29.1 Å². The van der Waals surface area contributed by atoms with Gasteiger partial charge in [-0.1, -0.05) is 17.7 Å². The summed E-state index contributed by atoms with van der Waals surface area (Å²) in [4.78, 5) is 4.22. The highest BCUT2D eigenvalue weighted by atomic mass is 35.5. The predicted octanol–water partition coefficient (Wildman–Crippen LogP) is 5.09. The van der Waals surface area contributed by atoms with Crippen LogP contribution in [0.25, 0.3) is 0 Å². The van der Waals surface area contributed by atoms with Gasteiger partial charge in [0.2, 0.25) is 0 Å². The molecule has 5 nitrogen and oxygen atoms in total. The van der Waals surface area contributed by atoms with Crippen LogP contribution in [0.5, 0.6) is 5.75 Å². The Kier molecular flexibility index (Phi) is 8.35. The Labute approximate surface area is 167 Å². The third kappa shape index (κ3) is 5.58. The predicted molar refractivity (Wildman–Crippen MR) is 110 cm³/mol. The van der Waals surface area contributed by atoms with Crippen LogP contribution in [0.4, 0.5) is 5.69 Å². The Morgan fingerprint density at radius 3 is 2.67 bits per heavy atom. The molecule has 1 heterocycles. The quantitative estimate of drug-likeness (QED) is 0.571. The standard InChI is InChI=1S/C21H29ClN2O3/c1-6-26-16(4)17-7-8-20(15(3)14(17)2)27-12-11-24-18-9-10-23-19(13-25-5)21(18)22/h7-10,16H,6,11-13H2,1-5H3,(H,23,24). The Morgan fingerprint density at radius 2 is 1.96 bits per heavy atom. The second-order valence-corrected chi connectivity index (χ2v) is 6.71. The number of nitrogens with one attached hydrogen (secondary N) is 1. The molecule has 6 heteroatoms. The Hall–Kier alpha value is -1.82. The molecule has 0 radical (unpaired) electrons. The van der Waals surface area contributed by atoms with Crippen LogP contribution in [-0.4, -0.2) is 31.9 Å². The highest BCUT2D eigenvalue weighted by Crippen LogP contribution is 2.29. The molecular weight excluding hydrogens is 364 g/mol. The van der Waals surface area contributed by atoms with Crippen LogP contribution in [0.1, 0.15) is 42.3 Å². The summed E-state index contributed by atoms with van der Waals surface area (Å²) in [6.45, 7) is 10.5. The molecule has 0 saturated heterocycles. The fourth-order valence-electron chi connectivity index (χ4n) is 2.96. The van der Waals surface area contributed by atoms with Crippen LogP contribution in [0.2, 0.25) is 5.02 Å². The Balaban J connectivity index is 1.94. The summed E-state index contributed by atoms with van der Waals surface area (Å²) in [5.74, 6) is 0.891. The molecule has 1 unspecified atom stereocenters. The van der Waals surface area contributed by atoms with E-state index in [1.165, 1.54) is 11.1 Å². The highest BCUT2D eigenvalue weighted by Gasteiger charge is 2.13. The van der Waals surface area contributed by atoms with E-state index in [0.29, 0.717) is 31.4 Å². The molecule has 0 fully saturated rings. The zero-order valence-electron chi connectivity index (χ0n) is 16.8. The van der Waals surface area contributed by atoms with Gasteiger partial charge < -0.3 is 19.5 Å². The van der Waals surface area contributed by atoms with Crippen molar-refractivity contribution >= 4 is 17.3 Å². The van der Waals surface area contributed by atoms with Gasteiger partial charge in [-0.2, -0.15) is 0 Å². The maximum absolute atomic E-state index is 6.34. The number of methoxy groups -OCH3 is 1. The van der Waals surface area contributed by atoms with Gasteiger partial charge in [-0.3, -0.25) is 4.98 Å². The average molecular weight is 393 g/mol. The molecule has 1 N–H and O–H groups in total. The first-order valence-electron chi connectivity index (χ1n) is 9.20. The summed E-state index contributed by atoms with van der Waals surface area (Å²) >= 11 is 6.34. The monoisotopic (exact) mass is 392 g/mol. The number of halogens is 1. The lowest BCUT2D eigenvalue weighted by Gasteiger charge is -2.19. The summed E-state index contributed by atoms with van der Waals surface area (Å²) in [7, 11) is 1.62. The van der Waals surface area contributed by atoms with Crippen molar-refractivity contribution in [2.24, 2.45) is 0 Å². The number of rotatable bonds is 10. The molecule has 0 aliphatic carbocycles. The third-order valence-corrected chi connectivity index (χ3v) is 4.97. The lowest BCUT2D eigenvalue weighted by Crippen LogP contribution is -2.13. The smallest absolute Gasteiger partial charge is 0.122 e. The lowest BCUT2D eigenvalue weighted by atomic mass is 9.99. The minimum Gasteiger partial charge on any atom is -0.491 e. The summed E-state index contributed by atoms with van der Waals surface area (Å²) in [5, 5.41) is 3.87. The number of anilines is 1. The minimum absolute atomic E-state index is 0.0829. The summed E-state index contributed by atoms with van der Waals surface area (Å²) in [5.41, 5.74) is 5.10. The number of pyridine rings is 1. The molecule has 0 aliphatic rings. The van der Waals surface area contributed by atoms with Crippen molar-refractivity contribution in [3.63, 3.8) is 0 Å². The fraction of sp³-hybridized carbons (Fsp3) is 0.476. The first kappa shape index (κ1) is 21.5. The lowest BCUT2D eigenvalue weighted by molar-refractivity contribution is 0.0759. The van der Waals surface area contributed by atoms with E-state index >= 15 is 0 Å². The molecule has 1 aromatic carbocycles. The first-order chi connectivity index (χ1) is 13.0. The van der Waals surface area contributed by atoms with Crippen molar-refractivity contribution < 1.29 is 14.2 Å². The molecule has 0 amide bonds. The topological polar surface area (TPSA) is 52.6 Å².